The van der Waals surface area contributed by atoms with E-state index in [1.165, 1.54) is 0 Å². The summed E-state index contributed by atoms with van der Waals surface area (Å²) < 4.78 is 0. The van der Waals surface area contributed by atoms with Crippen molar-refractivity contribution in [2.75, 3.05) is 32.7 Å². The maximum atomic E-state index is 12.4. The Labute approximate surface area is 119 Å². The molecule has 1 fully saturated rings. The minimum atomic E-state index is 0.241. The third kappa shape index (κ3) is 2.56. The molecule has 2 heterocycles. The quantitative estimate of drug-likeness (QED) is 0.925. The fourth-order valence-corrected chi connectivity index (χ4v) is 2.87. The maximum absolute atomic E-state index is 12.4. The number of nitrogens with zero attached hydrogens (tertiary/aromatic N) is 2. The number of aromatic nitrogens is 1. The second-order valence-corrected chi connectivity index (χ2v) is 5.35. The van der Waals surface area contributed by atoms with Crippen molar-refractivity contribution in [3.05, 3.63) is 36.0 Å². The van der Waals surface area contributed by atoms with Crippen LogP contribution >= 0.6 is 0 Å². The van der Waals surface area contributed by atoms with E-state index in [0.717, 1.165) is 49.2 Å². The van der Waals surface area contributed by atoms with Crippen molar-refractivity contribution in [2.45, 2.75) is 13.3 Å². The average molecular weight is 271 g/mol. The van der Waals surface area contributed by atoms with E-state index in [0.29, 0.717) is 6.42 Å². The molecule has 4 heteroatoms. The first-order valence-corrected chi connectivity index (χ1v) is 7.33. The first kappa shape index (κ1) is 13.2. The molecule has 2 aromatic rings. The molecule has 0 bridgehead atoms. The predicted octanol–water partition coefficient (Wildman–Crippen LogP) is 1.87. The molecule has 20 heavy (non-hydrogen) atoms. The smallest absolute Gasteiger partial charge is 0.227 e. The SMILES string of the molecule is CCN1CCN(C(=O)Cc2c[nH]c3ccccc23)CC1. The van der Waals surface area contributed by atoms with Crippen LogP contribution in [0.5, 0.6) is 0 Å². The van der Waals surface area contributed by atoms with Crippen LogP contribution in [0.15, 0.2) is 30.5 Å². The van der Waals surface area contributed by atoms with Gasteiger partial charge >= 0.3 is 0 Å². The normalized spacial score (nSPS) is 16.8. The van der Waals surface area contributed by atoms with Gasteiger partial charge in [-0.25, -0.2) is 0 Å². The molecule has 0 spiro atoms. The summed E-state index contributed by atoms with van der Waals surface area (Å²) in [6.07, 6.45) is 2.46. The van der Waals surface area contributed by atoms with E-state index in [4.69, 9.17) is 0 Å². The Morgan fingerprint density at radius 2 is 1.95 bits per heavy atom. The van der Waals surface area contributed by atoms with E-state index < -0.39 is 0 Å². The molecule has 1 aliphatic heterocycles. The first-order valence-electron chi connectivity index (χ1n) is 7.33. The lowest BCUT2D eigenvalue weighted by Crippen LogP contribution is -2.48. The fourth-order valence-electron chi connectivity index (χ4n) is 2.87. The maximum Gasteiger partial charge on any atom is 0.227 e. The van der Waals surface area contributed by atoms with Gasteiger partial charge < -0.3 is 14.8 Å². The lowest BCUT2D eigenvalue weighted by Gasteiger charge is -2.34. The second-order valence-electron chi connectivity index (χ2n) is 5.35. The molecule has 1 aromatic heterocycles. The molecule has 1 aromatic carbocycles. The average Bonchev–Trinajstić information content (AvgIpc) is 2.91. The summed E-state index contributed by atoms with van der Waals surface area (Å²) in [7, 11) is 0. The molecule has 0 saturated carbocycles. The van der Waals surface area contributed by atoms with Crippen molar-refractivity contribution in [3.63, 3.8) is 0 Å². The zero-order valence-corrected chi connectivity index (χ0v) is 11.9. The highest BCUT2D eigenvalue weighted by Crippen LogP contribution is 2.19. The van der Waals surface area contributed by atoms with Gasteiger partial charge in [0.15, 0.2) is 0 Å². The number of hydrogen-bond acceptors (Lipinski definition) is 2. The van der Waals surface area contributed by atoms with Gasteiger partial charge in [-0.3, -0.25) is 4.79 Å². The summed E-state index contributed by atoms with van der Waals surface area (Å²) in [5.74, 6) is 0.241. The van der Waals surface area contributed by atoms with Gasteiger partial charge in [0.2, 0.25) is 5.91 Å². The van der Waals surface area contributed by atoms with Crippen LogP contribution in [0, 0.1) is 0 Å². The van der Waals surface area contributed by atoms with E-state index in [-0.39, 0.29) is 5.91 Å². The summed E-state index contributed by atoms with van der Waals surface area (Å²) in [6, 6.07) is 8.14. The number of aromatic amines is 1. The van der Waals surface area contributed by atoms with Crippen molar-refractivity contribution >= 4 is 16.8 Å². The number of piperazine rings is 1. The van der Waals surface area contributed by atoms with Gasteiger partial charge in [0.05, 0.1) is 6.42 Å². The van der Waals surface area contributed by atoms with Crippen LogP contribution in [0.4, 0.5) is 0 Å². The van der Waals surface area contributed by atoms with Crippen LogP contribution in [0.25, 0.3) is 10.9 Å². The van der Waals surface area contributed by atoms with Crippen molar-refractivity contribution in [1.82, 2.24) is 14.8 Å². The molecule has 0 unspecified atom stereocenters. The Balaban J connectivity index is 1.67. The number of carbonyl (C=O) groups is 1. The van der Waals surface area contributed by atoms with Crippen LogP contribution < -0.4 is 0 Å². The molecule has 3 rings (SSSR count). The number of carbonyl (C=O) groups excluding carboxylic acids is 1. The van der Waals surface area contributed by atoms with Gasteiger partial charge in [0.25, 0.3) is 0 Å². The van der Waals surface area contributed by atoms with Crippen molar-refractivity contribution < 1.29 is 4.79 Å². The van der Waals surface area contributed by atoms with Gasteiger partial charge in [-0.05, 0) is 18.2 Å². The molecule has 0 radical (unpaired) electrons. The van der Waals surface area contributed by atoms with Gasteiger partial charge in [-0.15, -0.1) is 0 Å². The van der Waals surface area contributed by atoms with E-state index in [1.807, 2.05) is 29.3 Å². The second kappa shape index (κ2) is 5.67. The molecular weight excluding hydrogens is 250 g/mol. The van der Waals surface area contributed by atoms with Crippen molar-refractivity contribution in [1.29, 1.82) is 0 Å². The molecule has 1 saturated heterocycles. The summed E-state index contributed by atoms with van der Waals surface area (Å²) in [5, 5.41) is 1.16. The van der Waals surface area contributed by atoms with Crippen LogP contribution in [-0.2, 0) is 11.2 Å². The Morgan fingerprint density at radius 1 is 1.20 bits per heavy atom. The lowest BCUT2D eigenvalue weighted by atomic mass is 10.1. The van der Waals surface area contributed by atoms with Gasteiger partial charge in [0.1, 0.15) is 0 Å². The van der Waals surface area contributed by atoms with E-state index >= 15 is 0 Å². The zero-order valence-electron chi connectivity index (χ0n) is 11.9. The van der Waals surface area contributed by atoms with Gasteiger partial charge in [-0.2, -0.15) is 0 Å². The number of amides is 1. The highest BCUT2D eigenvalue weighted by atomic mass is 16.2. The molecule has 1 aliphatic rings. The van der Waals surface area contributed by atoms with Crippen LogP contribution in [0.1, 0.15) is 12.5 Å². The topological polar surface area (TPSA) is 39.3 Å². The lowest BCUT2D eigenvalue weighted by molar-refractivity contribution is -0.132. The minimum Gasteiger partial charge on any atom is -0.361 e. The number of likely N-dealkylation sites (N-methyl/N-ethyl adjacent to an activating group) is 1. The van der Waals surface area contributed by atoms with Gasteiger partial charge in [0, 0.05) is 43.3 Å². The summed E-state index contributed by atoms with van der Waals surface area (Å²) in [5.41, 5.74) is 2.20. The Bertz CT molecular complexity index is 597. The molecule has 4 nitrogen and oxygen atoms in total. The summed E-state index contributed by atoms with van der Waals surface area (Å²) in [4.78, 5) is 20.0. The van der Waals surface area contributed by atoms with E-state index in [2.05, 4.69) is 22.9 Å². The number of para-hydroxylation sites is 1. The third-order valence-corrected chi connectivity index (χ3v) is 4.19. The van der Waals surface area contributed by atoms with E-state index in [9.17, 15) is 4.79 Å². The summed E-state index contributed by atoms with van der Waals surface area (Å²) >= 11 is 0. The number of rotatable bonds is 3. The molecule has 0 aliphatic carbocycles. The Morgan fingerprint density at radius 3 is 2.70 bits per heavy atom. The van der Waals surface area contributed by atoms with Gasteiger partial charge in [-0.1, -0.05) is 25.1 Å². The van der Waals surface area contributed by atoms with E-state index in [1.54, 1.807) is 0 Å². The number of nitrogens with one attached hydrogen (secondary N) is 1. The summed E-state index contributed by atoms with van der Waals surface area (Å²) in [6.45, 7) is 6.95. The number of benzene rings is 1. The molecule has 1 N–H and O–H groups in total. The number of H-pyrrole nitrogens is 1. The highest BCUT2D eigenvalue weighted by Gasteiger charge is 2.20. The molecule has 0 atom stereocenters. The minimum absolute atomic E-state index is 0.241. The van der Waals surface area contributed by atoms with Crippen LogP contribution in [-0.4, -0.2) is 53.4 Å². The van der Waals surface area contributed by atoms with Crippen molar-refractivity contribution in [2.24, 2.45) is 0 Å². The molecular formula is C16H21N3O. The Kier molecular flexibility index (Phi) is 3.74. The van der Waals surface area contributed by atoms with Crippen molar-refractivity contribution in [3.8, 4) is 0 Å². The van der Waals surface area contributed by atoms with Crippen LogP contribution in [0.3, 0.4) is 0 Å². The van der Waals surface area contributed by atoms with Crippen LogP contribution in [0.2, 0.25) is 0 Å². The number of hydrogen-bond donors (Lipinski definition) is 1. The molecule has 106 valence electrons. The first-order chi connectivity index (χ1) is 9.78. The number of fused-ring (bicyclic) bond motifs is 1. The highest BCUT2D eigenvalue weighted by molar-refractivity contribution is 5.88. The monoisotopic (exact) mass is 271 g/mol. The molecule has 1 amide bonds. The zero-order chi connectivity index (χ0) is 13.9. The third-order valence-electron chi connectivity index (χ3n) is 4.19. The standard InChI is InChI=1S/C16H21N3O/c1-2-18-7-9-19(10-8-18)16(20)11-13-12-17-15-6-4-3-5-14(13)15/h3-6,12,17H,2,7-11H2,1H3. The predicted molar refractivity (Wildman–Crippen MR) is 80.7 cm³/mol. The fraction of sp³-hybridized carbons (Fsp3) is 0.438. The largest absolute Gasteiger partial charge is 0.361 e. The Hall–Kier alpha value is -1.81.